The van der Waals surface area contributed by atoms with E-state index >= 15 is 0 Å². The van der Waals surface area contributed by atoms with Gasteiger partial charge in [0.2, 0.25) is 0 Å². The monoisotopic (exact) mass is 188 g/mol. The Morgan fingerprint density at radius 1 is 1.17 bits per heavy atom. The minimum Gasteiger partial charge on any atom is -0.349 e. The van der Waals surface area contributed by atoms with Crippen molar-refractivity contribution in [1.82, 2.24) is 0 Å². The van der Waals surface area contributed by atoms with Gasteiger partial charge in [-0.15, -0.1) is 0 Å². The molecule has 0 unspecified atom stereocenters. The lowest BCUT2D eigenvalue weighted by Crippen LogP contribution is -2.38. The van der Waals surface area contributed by atoms with Crippen LogP contribution in [0.25, 0.3) is 0 Å². The van der Waals surface area contributed by atoms with E-state index in [0.717, 1.165) is 10.2 Å². The minimum absolute atomic E-state index is 0.180. The quantitative estimate of drug-likeness (QED) is 0.365. The molecule has 0 spiro atoms. The predicted molar refractivity (Wildman–Crippen MR) is 55.3 cm³/mol. The molecule has 0 aromatic rings. The molecule has 0 fully saturated rings. The molecular weight excluding hydrogens is 168 g/mol. The zero-order chi connectivity index (χ0) is 9.78. The maximum Gasteiger partial charge on any atom is 0.159 e. The van der Waals surface area contributed by atoms with Gasteiger partial charge in [-0.3, -0.25) is 0 Å². The minimum atomic E-state index is -0.512. The molecule has 0 atom stereocenters. The molecule has 0 saturated carbocycles. The summed E-state index contributed by atoms with van der Waals surface area (Å²) in [6.45, 7) is 11.7. The number of hydrogen-bond donors (Lipinski definition) is 0. The van der Waals surface area contributed by atoms with Crippen molar-refractivity contribution < 1.29 is 9.47 Å². The third kappa shape index (κ3) is 4.69. The predicted octanol–water partition coefficient (Wildman–Crippen LogP) is 1.04. The first-order valence-corrected chi connectivity index (χ1v) is 5.39. The summed E-state index contributed by atoms with van der Waals surface area (Å²) in [6, 6.07) is 0. The lowest BCUT2D eigenvalue weighted by molar-refractivity contribution is -0.184. The Balaban J connectivity index is 4.14. The fourth-order valence-electron chi connectivity index (χ4n) is 1.06. The Bertz CT molecular complexity index is 133. The van der Waals surface area contributed by atoms with Gasteiger partial charge in [-0.25, -0.2) is 0 Å². The molecule has 0 aliphatic rings. The largest absolute Gasteiger partial charge is 0.349 e. The molecule has 0 radical (unpaired) electrons. The summed E-state index contributed by atoms with van der Waals surface area (Å²) in [5, 5.41) is 0. The second-order valence-corrected chi connectivity index (χ2v) is 4.95. The molecule has 12 heavy (non-hydrogen) atoms. The molecule has 0 heterocycles. The normalized spacial score (nSPS) is 12.8. The molecule has 0 saturated heterocycles. The van der Waals surface area contributed by atoms with Gasteiger partial charge in [0.05, 0.1) is 22.5 Å². The molecular formula is C9H20O2Si. The molecule has 0 N–H and O–H groups in total. The SMILES string of the molecule is C=CC([SiH3])(OC(C)C)OC(C)C. The van der Waals surface area contributed by atoms with Crippen molar-refractivity contribution in [2.24, 2.45) is 0 Å². The van der Waals surface area contributed by atoms with Crippen molar-refractivity contribution in [2.45, 2.75) is 45.3 Å². The maximum atomic E-state index is 5.62. The Labute approximate surface area is 78.4 Å². The van der Waals surface area contributed by atoms with Crippen molar-refractivity contribution in [3.63, 3.8) is 0 Å². The second kappa shape index (κ2) is 4.79. The van der Waals surface area contributed by atoms with Crippen LogP contribution in [0, 0.1) is 0 Å². The number of ether oxygens (including phenoxy) is 2. The van der Waals surface area contributed by atoms with E-state index in [1.807, 2.05) is 27.7 Å². The third-order valence-electron chi connectivity index (χ3n) is 1.31. The first-order valence-electron chi connectivity index (χ1n) is 4.39. The van der Waals surface area contributed by atoms with E-state index in [1.165, 1.54) is 0 Å². The summed E-state index contributed by atoms with van der Waals surface area (Å²) in [5.74, 6) is 0. The lowest BCUT2D eigenvalue weighted by atomic mass is 10.4. The second-order valence-electron chi connectivity index (χ2n) is 3.55. The maximum absolute atomic E-state index is 5.62. The van der Waals surface area contributed by atoms with E-state index in [4.69, 9.17) is 9.47 Å². The highest BCUT2D eigenvalue weighted by Crippen LogP contribution is 2.14. The van der Waals surface area contributed by atoms with E-state index in [9.17, 15) is 0 Å². The van der Waals surface area contributed by atoms with Crippen LogP contribution in [0.1, 0.15) is 27.7 Å². The average molecular weight is 188 g/mol. The highest BCUT2D eigenvalue weighted by Gasteiger charge is 2.23. The molecule has 0 amide bonds. The molecule has 0 aromatic heterocycles. The van der Waals surface area contributed by atoms with Gasteiger partial charge in [0, 0.05) is 0 Å². The average Bonchev–Trinajstić information content (AvgIpc) is 1.83. The van der Waals surface area contributed by atoms with E-state index in [2.05, 4.69) is 6.58 Å². The van der Waals surface area contributed by atoms with Crippen LogP contribution >= 0.6 is 0 Å². The van der Waals surface area contributed by atoms with Crippen molar-refractivity contribution >= 4 is 10.2 Å². The van der Waals surface area contributed by atoms with Crippen LogP contribution in [-0.2, 0) is 9.47 Å². The van der Waals surface area contributed by atoms with E-state index in [1.54, 1.807) is 6.08 Å². The summed E-state index contributed by atoms with van der Waals surface area (Å²) in [7, 11) is 0.802. The van der Waals surface area contributed by atoms with Crippen LogP contribution in [0.2, 0.25) is 0 Å². The summed E-state index contributed by atoms with van der Waals surface area (Å²) in [6.07, 6.45) is 2.11. The van der Waals surface area contributed by atoms with Crippen LogP contribution in [0.5, 0.6) is 0 Å². The lowest BCUT2D eigenvalue weighted by Gasteiger charge is -2.31. The highest BCUT2D eigenvalue weighted by molar-refractivity contribution is 6.14. The molecule has 0 bridgehead atoms. The first-order chi connectivity index (χ1) is 5.39. The smallest absolute Gasteiger partial charge is 0.159 e. The molecule has 0 aliphatic heterocycles. The summed E-state index contributed by atoms with van der Waals surface area (Å²) in [5.41, 5.74) is -0.512. The first kappa shape index (κ1) is 11.9. The fourth-order valence-corrected chi connectivity index (χ4v) is 2.00. The van der Waals surface area contributed by atoms with E-state index < -0.39 is 5.41 Å². The van der Waals surface area contributed by atoms with Gasteiger partial charge >= 0.3 is 0 Å². The molecule has 0 aliphatic carbocycles. The van der Waals surface area contributed by atoms with Gasteiger partial charge in [0.15, 0.2) is 5.41 Å². The Hall–Kier alpha value is -0.123. The zero-order valence-electron chi connectivity index (χ0n) is 8.76. The van der Waals surface area contributed by atoms with Crippen LogP contribution in [0.15, 0.2) is 12.7 Å². The third-order valence-corrected chi connectivity index (χ3v) is 2.19. The van der Waals surface area contributed by atoms with Gasteiger partial charge in [-0.1, -0.05) is 6.58 Å². The van der Waals surface area contributed by atoms with Crippen molar-refractivity contribution in [1.29, 1.82) is 0 Å². The standard InChI is InChI=1S/C9H20O2Si/c1-6-9(12,10-7(2)3)11-8(4)5/h6-8H,1H2,2-5,12H3. The Morgan fingerprint density at radius 3 is 1.67 bits per heavy atom. The highest BCUT2D eigenvalue weighted by atomic mass is 28.1. The molecule has 2 nitrogen and oxygen atoms in total. The Morgan fingerprint density at radius 2 is 1.50 bits per heavy atom. The number of hydrogen-bond acceptors (Lipinski definition) is 2. The van der Waals surface area contributed by atoms with Gasteiger partial charge < -0.3 is 9.47 Å². The fraction of sp³-hybridized carbons (Fsp3) is 0.778. The summed E-state index contributed by atoms with van der Waals surface area (Å²) < 4.78 is 11.2. The van der Waals surface area contributed by atoms with Crippen LogP contribution in [-0.4, -0.2) is 27.9 Å². The van der Waals surface area contributed by atoms with Crippen molar-refractivity contribution in [2.75, 3.05) is 0 Å². The molecule has 0 rings (SSSR count). The van der Waals surface area contributed by atoms with E-state index in [-0.39, 0.29) is 12.2 Å². The van der Waals surface area contributed by atoms with Crippen LogP contribution in [0.4, 0.5) is 0 Å². The van der Waals surface area contributed by atoms with E-state index in [0.29, 0.717) is 0 Å². The van der Waals surface area contributed by atoms with Crippen molar-refractivity contribution in [3.05, 3.63) is 12.7 Å². The van der Waals surface area contributed by atoms with Crippen LogP contribution < -0.4 is 0 Å². The zero-order valence-corrected chi connectivity index (χ0v) is 10.8. The topological polar surface area (TPSA) is 18.5 Å². The molecule has 0 aromatic carbocycles. The number of rotatable bonds is 5. The van der Waals surface area contributed by atoms with Crippen LogP contribution in [0.3, 0.4) is 0 Å². The Kier molecular flexibility index (Phi) is 4.75. The summed E-state index contributed by atoms with van der Waals surface area (Å²) in [4.78, 5) is 0. The summed E-state index contributed by atoms with van der Waals surface area (Å²) >= 11 is 0. The van der Waals surface area contributed by atoms with Gasteiger partial charge in [0.25, 0.3) is 0 Å². The van der Waals surface area contributed by atoms with Gasteiger partial charge in [0.1, 0.15) is 0 Å². The van der Waals surface area contributed by atoms with Crippen molar-refractivity contribution in [3.8, 4) is 0 Å². The molecule has 3 heteroatoms. The molecule has 72 valence electrons. The van der Waals surface area contributed by atoms with Gasteiger partial charge in [-0.2, -0.15) is 0 Å². The van der Waals surface area contributed by atoms with Gasteiger partial charge in [-0.05, 0) is 33.8 Å².